The van der Waals surface area contributed by atoms with E-state index in [4.69, 9.17) is 20.2 Å². The summed E-state index contributed by atoms with van der Waals surface area (Å²) in [5.74, 6) is 0.597. The summed E-state index contributed by atoms with van der Waals surface area (Å²) < 4.78 is 10.8. The van der Waals surface area contributed by atoms with Crippen molar-refractivity contribution in [2.45, 2.75) is 12.5 Å². The van der Waals surface area contributed by atoms with Gasteiger partial charge in [0, 0.05) is 25.0 Å². The molecule has 7 heteroatoms. The van der Waals surface area contributed by atoms with E-state index in [-0.39, 0.29) is 25.1 Å². The SMILES string of the molecule is Cl.NC[C@H]1OB(O)c2c(OCCCO)cccc21. The molecule has 5 nitrogen and oxygen atoms in total. The van der Waals surface area contributed by atoms with Gasteiger partial charge in [-0.2, -0.15) is 0 Å². The van der Waals surface area contributed by atoms with Crippen molar-refractivity contribution in [1.29, 1.82) is 0 Å². The number of rotatable bonds is 5. The van der Waals surface area contributed by atoms with Gasteiger partial charge in [0.25, 0.3) is 0 Å². The van der Waals surface area contributed by atoms with Crippen molar-refractivity contribution in [2.75, 3.05) is 19.8 Å². The minimum Gasteiger partial charge on any atom is -0.494 e. The smallest absolute Gasteiger partial charge is 0.494 e. The zero-order valence-electron chi connectivity index (χ0n) is 9.91. The molecule has 0 aliphatic carbocycles. The predicted molar refractivity (Wildman–Crippen MR) is 71.4 cm³/mol. The van der Waals surface area contributed by atoms with E-state index < -0.39 is 7.12 Å². The Morgan fingerprint density at radius 3 is 2.89 bits per heavy atom. The van der Waals surface area contributed by atoms with Gasteiger partial charge in [0.05, 0.1) is 12.7 Å². The molecule has 0 saturated carbocycles. The number of fused-ring (bicyclic) bond motifs is 1. The second-order valence-electron chi connectivity index (χ2n) is 3.90. The molecule has 1 aliphatic rings. The molecule has 4 N–H and O–H groups in total. The number of aliphatic hydroxyl groups excluding tert-OH is 1. The van der Waals surface area contributed by atoms with Crippen LogP contribution in [0.25, 0.3) is 0 Å². The van der Waals surface area contributed by atoms with Crippen LogP contribution in [0.1, 0.15) is 18.1 Å². The van der Waals surface area contributed by atoms with Crippen LogP contribution in [0.5, 0.6) is 5.75 Å². The van der Waals surface area contributed by atoms with E-state index in [1.54, 1.807) is 6.07 Å². The normalized spacial score (nSPS) is 17.3. The Bertz CT molecular complexity index is 393. The van der Waals surface area contributed by atoms with Crippen molar-refractivity contribution < 1.29 is 19.5 Å². The zero-order chi connectivity index (χ0) is 12.3. The Hall–Kier alpha value is -0.785. The van der Waals surface area contributed by atoms with Gasteiger partial charge in [-0.25, -0.2) is 0 Å². The summed E-state index contributed by atoms with van der Waals surface area (Å²) in [5.41, 5.74) is 7.10. The highest BCUT2D eigenvalue weighted by molar-refractivity contribution is 6.62. The third-order valence-electron chi connectivity index (χ3n) is 2.76. The first-order chi connectivity index (χ1) is 8.27. The van der Waals surface area contributed by atoms with Crippen LogP contribution in [0, 0.1) is 0 Å². The summed E-state index contributed by atoms with van der Waals surface area (Å²) in [7, 11) is -0.983. The molecule has 0 fully saturated rings. The predicted octanol–water partition coefficient (Wildman–Crippen LogP) is -0.413. The molecule has 0 aromatic heterocycles. The molecule has 1 aromatic rings. The van der Waals surface area contributed by atoms with Gasteiger partial charge in [0.2, 0.25) is 0 Å². The van der Waals surface area contributed by atoms with E-state index in [1.807, 2.05) is 12.1 Å². The zero-order valence-corrected chi connectivity index (χ0v) is 10.7. The van der Waals surface area contributed by atoms with Crippen LogP contribution >= 0.6 is 12.4 Å². The van der Waals surface area contributed by atoms with Crippen LogP contribution in [0.4, 0.5) is 0 Å². The molecule has 0 amide bonds. The first-order valence-corrected chi connectivity index (χ1v) is 5.68. The van der Waals surface area contributed by atoms with Gasteiger partial charge < -0.3 is 25.3 Å². The summed E-state index contributed by atoms with van der Waals surface area (Å²) in [5, 5.41) is 18.5. The lowest BCUT2D eigenvalue weighted by atomic mass is 9.78. The summed E-state index contributed by atoms with van der Waals surface area (Å²) in [6, 6.07) is 5.50. The standard InChI is InChI=1S/C11H16BNO4.ClH/c13-7-10-8-3-1-4-9(16-6-2-5-14)11(8)12(15)17-10;/h1,3-4,10,14-15H,2,5-7,13H2;1H/t10-;/m1./s1. The molecule has 0 spiro atoms. The molecule has 0 saturated heterocycles. The third-order valence-corrected chi connectivity index (χ3v) is 2.76. The van der Waals surface area contributed by atoms with Crippen molar-refractivity contribution in [3.8, 4) is 5.75 Å². The molecular weight excluding hydrogens is 256 g/mol. The van der Waals surface area contributed by atoms with E-state index in [1.165, 1.54) is 0 Å². The lowest BCUT2D eigenvalue weighted by Crippen LogP contribution is -2.30. The fourth-order valence-corrected chi connectivity index (χ4v) is 1.96. The molecule has 1 heterocycles. The van der Waals surface area contributed by atoms with Gasteiger partial charge in [0.15, 0.2) is 0 Å². The summed E-state index contributed by atoms with van der Waals surface area (Å²) in [6.45, 7) is 0.816. The first kappa shape index (κ1) is 15.3. The summed E-state index contributed by atoms with van der Waals surface area (Å²) >= 11 is 0. The highest BCUT2D eigenvalue weighted by atomic mass is 35.5. The molecule has 1 aliphatic heterocycles. The Balaban J connectivity index is 0.00000162. The van der Waals surface area contributed by atoms with Crippen molar-refractivity contribution >= 4 is 25.0 Å². The number of ether oxygens (including phenoxy) is 1. The molecule has 0 unspecified atom stereocenters. The Labute approximate surface area is 112 Å². The van der Waals surface area contributed by atoms with Gasteiger partial charge in [-0.15, -0.1) is 12.4 Å². The van der Waals surface area contributed by atoms with Crippen LogP contribution in [0.2, 0.25) is 0 Å². The lowest BCUT2D eigenvalue weighted by Gasteiger charge is -2.11. The summed E-state index contributed by atoms with van der Waals surface area (Å²) in [6.07, 6.45) is 0.280. The van der Waals surface area contributed by atoms with Gasteiger partial charge in [-0.1, -0.05) is 12.1 Å². The van der Waals surface area contributed by atoms with E-state index in [9.17, 15) is 5.02 Å². The minimum atomic E-state index is -0.983. The largest absolute Gasteiger partial charge is 0.495 e. The number of benzene rings is 1. The number of hydrogen-bond donors (Lipinski definition) is 3. The van der Waals surface area contributed by atoms with Crippen molar-refractivity contribution in [3.05, 3.63) is 23.8 Å². The minimum absolute atomic E-state index is 0. The van der Waals surface area contributed by atoms with E-state index in [0.29, 0.717) is 30.8 Å². The summed E-state index contributed by atoms with van der Waals surface area (Å²) in [4.78, 5) is 0. The van der Waals surface area contributed by atoms with Crippen molar-refractivity contribution in [3.63, 3.8) is 0 Å². The maximum absolute atomic E-state index is 9.81. The van der Waals surface area contributed by atoms with Gasteiger partial charge >= 0.3 is 7.12 Å². The fourth-order valence-electron chi connectivity index (χ4n) is 1.96. The molecular formula is C11H17BClNO4. The average molecular weight is 274 g/mol. The number of nitrogens with two attached hydrogens (primary N) is 1. The Morgan fingerprint density at radius 2 is 2.22 bits per heavy atom. The topological polar surface area (TPSA) is 84.9 Å². The molecule has 1 aromatic carbocycles. The second kappa shape index (κ2) is 6.96. The Morgan fingerprint density at radius 1 is 1.44 bits per heavy atom. The average Bonchev–Trinajstić information content (AvgIpc) is 2.68. The molecule has 18 heavy (non-hydrogen) atoms. The molecule has 100 valence electrons. The van der Waals surface area contributed by atoms with Crippen LogP contribution in [0.15, 0.2) is 18.2 Å². The molecule has 0 bridgehead atoms. The van der Waals surface area contributed by atoms with Crippen LogP contribution in [-0.4, -0.2) is 37.0 Å². The van der Waals surface area contributed by atoms with Gasteiger partial charge in [-0.05, 0) is 11.6 Å². The number of aliphatic hydroxyl groups is 1. The van der Waals surface area contributed by atoms with Crippen molar-refractivity contribution in [1.82, 2.24) is 0 Å². The monoisotopic (exact) mass is 273 g/mol. The third kappa shape index (κ3) is 2.96. The van der Waals surface area contributed by atoms with Crippen LogP contribution in [-0.2, 0) is 4.65 Å². The lowest BCUT2D eigenvalue weighted by molar-refractivity contribution is 0.198. The fraction of sp³-hybridized carbons (Fsp3) is 0.455. The van der Waals surface area contributed by atoms with Gasteiger partial charge in [0.1, 0.15) is 5.75 Å². The second-order valence-corrected chi connectivity index (χ2v) is 3.90. The van der Waals surface area contributed by atoms with Crippen LogP contribution < -0.4 is 15.9 Å². The highest BCUT2D eigenvalue weighted by Gasteiger charge is 2.37. The number of hydrogen-bond acceptors (Lipinski definition) is 5. The molecule has 1 atom stereocenters. The maximum Gasteiger partial charge on any atom is 0.495 e. The molecule has 0 radical (unpaired) electrons. The molecule has 2 rings (SSSR count). The van der Waals surface area contributed by atoms with E-state index >= 15 is 0 Å². The highest BCUT2D eigenvalue weighted by Crippen LogP contribution is 2.26. The van der Waals surface area contributed by atoms with E-state index in [2.05, 4.69) is 0 Å². The van der Waals surface area contributed by atoms with Crippen LogP contribution in [0.3, 0.4) is 0 Å². The number of halogens is 1. The quantitative estimate of drug-likeness (QED) is 0.501. The first-order valence-electron chi connectivity index (χ1n) is 5.68. The maximum atomic E-state index is 9.81. The van der Waals surface area contributed by atoms with Crippen molar-refractivity contribution in [2.24, 2.45) is 5.73 Å². The Kier molecular flexibility index (Phi) is 5.91. The van der Waals surface area contributed by atoms with Gasteiger partial charge in [-0.3, -0.25) is 0 Å². The van der Waals surface area contributed by atoms with E-state index in [0.717, 1.165) is 5.56 Å².